The van der Waals surface area contributed by atoms with Crippen LogP contribution in [0, 0.1) is 23.6 Å². The van der Waals surface area contributed by atoms with Crippen molar-refractivity contribution >= 4 is 17.8 Å². The average molecular weight is 348 g/mol. The van der Waals surface area contributed by atoms with Crippen molar-refractivity contribution in [2.75, 3.05) is 6.61 Å². The van der Waals surface area contributed by atoms with E-state index in [1.54, 1.807) is 0 Å². The van der Waals surface area contributed by atoms with Gasteiger partial charge in [0.2, 0.25) is 0 Å². The monoisotopic (exact) mass is 348 g/mol. The van der Waals surface area contributed by atoms with Crippen LogP contribution in [-0.4, -0.2) is 24.4 Å². The van der Waals surface area contributed by atoms with Gasteiger partial charge in [-0.25, -0.2) is 4.39 Å². The molecule has 3 atom stereocenters. The van der Waals surface area contributed by atoms with E-state index in [1.165, 1.54) is 37.5 Å². The topological polar surface area (TPSA) is 84.5 Å². The van der Waals surface area contributed by atoms with Gasteiger partial charge < -0.3 is 4.74 Å². The summed E-state index contributed by atoms with van der Waals surface area (Å²) >= 11 is 0. The third-order valence-corrected chi connectivity index (χ3v) is 5.11. The van der Waals surface area contributed by atoms with Crippen molar-refractivity contribution in [1.82, 2.24) is 10.9 Å². The Hall–Kier alpha value is -2.44. The summed E-state index contributed by atoms with van der Waals surface area (Å²) < 4.78 is 18.4. The molecule has 1 aromatic rings. The predicted molar refractivity (Wildman–Crippen MR) is 86.5 cm³/mol. The van der Waals surface area contributed by atoms with Crippen LogP contribution in [0.15, 0.2) is 24.3 Å². The van der Waals surface area contributed by atoms with Gasteiger partial charge in [0.15, 0.2) is 6.61 Å². The summed E-state index contributed by atoms with van der Waals surface area (Å²) in [6.07, 6.45) is 5.08. The molecule has 2 amide bonds. The number of hydrogen-bond donors (Lipinski definition) is 2. The van der Waals surface area contributed by atoms with Crippen LogP contribution in [0.25, 0.3) is 0 Å². The molecule has 134 valence electrons. The van der Waals surface area contributed by atoms with E-state index in [4.69, 9.17) is 4.74 Å². The summed E-state index contributed by atoms with van der Waals surface area (Å²) in [5, 5.41) is 0. The van der Waals surface area contributed by atoms with Crippen molar-refractivity contribution < 1.29 is 23.5 Å². The molecule has 0 radical (unpaired) electrons. The summed E-state index contributed by atoms with van der Waals surface area (Å²) in [4.78, 5) is 35.2. The molecule has 0 unspecified atom stereocenters. The molecule has 0 saturated heterocycles. The fourth-order valence-corrected chi connectivity index (χ4v) is 3.92. The van der Waals surface area contributed by atoms with E-state index < -0.39 is 30.2 Å². The quantitative estimate of drug-likeness (QED) is 0.629. The molecule has 6 nitrogen and oxygen atoms in total. The molecule has 2 N–H and O–H groups in total. The number of nitrogens with one attached hydrogen (secondary N) is 2. The lowest BCUT2D eigenvalue weighted by Crippen LogP contribution is -2.43. The number of esters is 1. The van der Waals surface area contributed by atoms with Crippen molar-refractivity contribution in [2.45, 2.75) is 32.1 Å². The van der Waals surface area contributed by atoms with Crippen LogP contribution in [0.1, 0.15) is 42.5 Å². The summed E-state index contributed by atoms with van der Waals surface area (Å²) in [6, 6.07) is 5.41. The van der Waals surface area contributed by atoms with Gasteiger partial charge in [0.25, 0.3) is 11.8 Å². The summed E-state index contributed by atoms with van der Waals surface area (Å²) in [5.74, 6) is -0.799. The van der Waals surface area contributed by atoms with E-state index in [1.807, 2.05) is 0 Å². The number of hydrogen-bond acceptors (Lipinski definition) is 4. The predicted octanol–water partition coefficient (Wildman–Crippen LogP) is 1.96. The lowest BCUT2D eigenvalue weighted by Gasteiger charge is -2.20. The Morgan fingerprint density at radius 3 is 2.60 bits per heavy atom. The Labute approximate surface area is 145 Å². The molecule has 2 bridgehead atoms. The summed E-state index contributed by atoms with van der Waals surface area (Å²) in [5.41, 5.74) is 4.01. The first-order valence-electron chi connectivity index (χ1n) is 8.52. The Morgan fingerprint density at radius 1 is 1.12 bits per heavy atom. The van der Waals surface area contributed by atoms with E-state index in [2.05, 4.69) is 10.9 Å². The van der Waals surface area contributed by atoms with Crippen LogP contribution in [0.2, 0.25) is 0 Å². The minimum Gasteiger partial charge on any atom is -0.455 e. The number of halogens is 1. The van der Waals surface area contributed by atoms with Crippen molar-refractivity contribution in [3.63, 3.8) is 0 Å². The van der Waals surface area contributed by atoms with E-state index in [-0.39, 0.29) is 5.56 Å². The van der Waals surface area contributed by atoms with Crippen molar-refractivity contribution in [1.29, 1.82) is 0 Å². The zero-order chi connectivity index (χ0) is 17.8. The molecule has 0 aromatic heterocycles. The maximum absolute atomic E-state index is 13.4. The molecule has 0 heterocycles. The number of amides is 2. The second kappa shape index (κ2) is 7.63. The Balaban J connectivity index is 1.36. The van der Waals surface area contributed by atoms with Crippen LogP contribution >= 0.6 is 0 Å². The Bertz CT molecular complexity index is 679. The lowest BCUT2D eigenvalue weighted by atomic mass is 9.86. The number of ether oxygens (including phenoxy) is 1. The number of fused-ring (bicyclic) bond motifs is 2. The highest BCUT2D eigenvalue weighted by atomic mass is 19.1. The summed E-state index contributed by atoms with van der Waals surface area (Å²) in [6.45, 7) is -0.475. The second-order valence-electron chi connectivity index (χ2n) is 6.78. The highest BCUT2D eigenvalue weighted by Crippen LogP contribution is 2.49. The molecular formula is C18H21FN2O4. The largest absolute Gasteiger partial charge is 0.455 e. The average Bonchev–Trinajstić information content (AvgIpc) is 3.21. The molecule has 2 aliphatic carbocycles. The highest BCUT2D eigenvalue weighted by molar-refractivity contribution is 5.95. The normalized spacial score (nSPS) is 24.0. The zero-order valence-electron chi connectivity index (χ0n) is 13.8. The number of hydrazine groups is 1. The minimum atomic E-state index is -0.778. The highest BCUT2D eigenvalue weighted by Gasteiger charge is 2.40. The number of benzene rings is 1. The van der Waals surface area contributed by atoms with Gasteiger partial charge in [-0.15, -0.1) is 0 Å². The molecule has 3 rings (SSSR count). The van der Waals surface area contributed by atoms with E-state index in [9.17, 15) is 18.8 Å². The van der Waals surface area contributed by atoms with Gasteiger partial charge in [0.1, 0.15) is 5.82 Å². The van der Waals surface area contributed by atoms with Crippen LogP contribution in [0.5, 0.6) is 0 Å². The number of carbonyl (C=O) groups excluding carboxylic acids is 3. The van der Waals surface area contributed by atoms with E-state index >= 15 is 0 Å². The Kier molecular flexibility index (Phi) is 5.31. The van der Waals surface area contributed by atoms with Gasteiger partial charge in [0, 0.05) is 6.42 Å². The Morgan fingerprint density at radius 2 is 1.92 bits per heavy atom. The van der Waals surface area contributed by atoms with Gasteiger partial charge >= 0.3 is 5.97 Å². The smallest absolute Gasteiger partial charge is 0.306 e. The first kappa shape index (κ1) is 17.4. The molecule has 25 heavy (non-hydrogen) atoms. The zero-order valence-corrected chi connectivity index (χ0v) is 13.8. The van der Waals surface area contributed by atoms with Crippen molar-refractivity contribution in [3.05, 3.63) is 35.6 Å². The molecule has 7 heteroatoms. The fraction of sp³-hybridized carbons (Fsp3) is 0.500. The van der Waals surface area contributed by atoms with Gasteiger partial charge in [-0.2, -0.15) is 0 Å². The van der Waals surface area contributed by atoms with Gasteiger partial charge in [-0.1, -0.05) is 18.6 Å². The van der Waals surface area contributed by atoms with Crippen LogP contribution in [0.4, 0.5) is 4.39 Å². The van der Waals surface area contributed by atoms with Crippen LogP contribution in [0.3, 0.4) is 0 Å². The fourth-order valence-electron chi connectivity index (χ4n) is 3.92. The first-order valence-corrected chi connectivity index (χ1v) is 8.52. The number of carbonyl (C=O) groups is 3. The van der Waals surface area contributed by atoms with Gasteiger partial charge in [0.05, 0.1) is 5.56 Å². The van der Waals surface area contributed by atoms with Crippen LogP contribution in [-0.2, 0) is 14.3 Å². The third kappa shape index (κ3) is 4.35. The van der Waals surface area contributed by atoms with Crippen molar-refractivity contribution in [2.24, 2.45) is 17.8 Å². The SMILES string of the molecule is O=C(COC(=O)C[C@H]1C[C@H]2CC[C@@H]1C2)NNC(=O)c1ccccc1F. The minimum absolute atomic E-state index is 0.184. The maximum atomic E-state index is 13.4. The van der Waals surface area contributed by atoms with E-state index in [0.29, 0.717) is 18.3 Å². The lowest BCUT2D eigenvalue weighted by molar-refractivity contribution is -0.150. The standard InChI is InChI=1S/C18H21FN2O4/c19-15-4-2-1-3-14(15)18(24)21-20-16(22)10-25-17(23)9-13-8-11-5-6-12(13)7-11/h1-4,11-13H,5-10H2,(H,20,22)(H,21,24)/t11-,12+,13+/m0/s1. The first-order chi connectivity index (χ1) is 12.0. The third-order valence-electron chi connectivity index (χ3n) is 5.11. The molecule has 1 aromatic carbocycles. The van der Waals surface area contributed by atoms with E-state index in [0.717, 1.165) is 18.4 Å². The molecule has 2 saturated carbocycles. The van der Waals surface area contributed by atoms with Gasteiger partial charge in [-0.05, 0) is 49.1 Å². The second-order valence-corrected chi connectivity index (χ2v) is 6.78. The molecule has 0 aliphatic heterocycles. The molecule has 2 fully saturated rings. The maximum Gasteiger partial charge on any atom is 0.306 e. The summed E-state index contributed by atoms with van der Waals surface area (Å²) in [7, 11) is 0. The molecular weight excluding hydrogens is 327 g/mol. The molecule has 2 aliphatic rings. The molecule has 0 spiro atoms. The van der Waals surface area contributed by atoms with Crippen molar-refractivity contribution in [3.8, 4) is 0 Å². The van der Waals surface area contributed by atoms with Gasteiger partial charge in [-0.3, -0.25) is 25.2 Å². The van der Waals surface area contributed by atoms with Crippen LogP contribution < -0.4 is 10.9 Å². The number of rotatable bonds is 5.